The lowest BCUT2D eigenvalue weighted by Crippen LogP contribution is -2.42. The van der Waals surface area contributed by atoms with E-state index in [4.69, 9.17) is 0 Å². The van der Waals surface area contributed by atoms with E-state index in [-0.39, 0.29) is 0 Å². The molecule has 1 N–H and O–H groups in total. The van der Waals surface area contributed by atoms with E-state index < -0.39 is 5.60 Å². The number of hydrogen-bond acceptors (Lipinski definition) is 2. The Balaban J connectivity index is 1.51. The molecule has 138 valence electrons. The first-order valence-electron chi connectivity index (χ1n) is 9.79. The topological polar surface area (TPSA) is 23.5 Å². The van der Waals surface area contributed by atoms with Gasteiger partial charge in [-0.15, -0.1) is 0 Å². The predicted octanol–water partition coefficient (Wildman–Crippen LogP) is 5.15. The number of hydrogen-bond donors (Lipinski definition) is 1. The Morgan fingerprint density at radius 3 is 2.15 bits per heavy atom. The van der Waals surface area contributed by atoms with Crippen LogP contribution < -0.4 is 0 Å². The summed E-state index contributed by atoms with van der Waals surface area (Å²) in [7, 11) is 0. The first kappa shape index (κ1) is 18.0. The molecular weight excluding hydrogens is 330 g/mol. The van der Waals surface area contributed by atoms with Gasteiger partial charge in [0.05, 0.1) is 5.60 Å². The number of nitrogens with zero attached hydrogens (tertiary/aromatic N) is 1. The molecule has 0 amide bonds. The van der Waals surface area contributed by atoms with Crippen molar-refractivity contribution >= 4 is 0 Å². The number of aryl methyl sites for hydroxylation is 1. The summed E-state index contributed by atoms with van der Waals surface area (Å²) in [4.78, 5) is 2.47. The van der Waals surface area contributed by atoms with Crippen LogP contribution in [-0.2, 0) is 12.1 Å². The van der Waals surface area contributed by atoms with Gasteiger partial charge in [-0.2, -0.15) is 0 Å². The molecule has 0 spiro atoms. The molecule has 0 radical (unpaired) electrons. The van der Waals surface area contributed by atoms with Gasteiger partial charge in [0.25, 0.3) is 0 Å². The normalized spacial score (nSPS) is 17.0. The minimum atomic E-state index is -0.688. The molecule has 2 nitrogen and oxygen atoms in total. The second-order valence-corrected chi connectivity index (χ2v) is 7.70. The van der Waals surface area contributed by atoms with Crippen LogP contribution in [0, 0.1) is 6.92 Å². The molecule has 4 rings (SSSR count). The van der Waals surface area contributed by atoms with Gasteiger partial charge in [-0.1, -0.05) is 84.4 Å². The van der Waals surface area contributed by atoms with Crippen molar-refractivity contribution in [2.24, 2.45) is 0 Å². The largest absolute Gasteiger partial charge is 0.385 e. The van der Waals surface area contributed by atoms with Gasteiger partial charge >= 0.3 is 0 Å². The molecular formula is C25H27NO. The molecule has 0 aliphatic carbocycles. The van der Waals surface area contributed by atoms with Crippen LogP contribution in [0.1, 0.15) is 29.5 Å². The van der Waals surface area contributed by atoms with Crippen molar-refractivity contribution in [2.75, 3.05) is 13.1 Å². The molecule has 0 atom stereocenters. The maximum absolute atomic E-state index is 11.1. The highest BCUT2D eigenvalue weighted by Crippen LogP contribution is 2.34. The van der Waals surface area contributed by atoms with E-state index in [0.29, 0.717) is 0 Å². The average molecular weight is 357 g/mol. The van der Waals surface area contributed by atoms with Gasteiger partial charge in [-0.25, -0.2) is 0 Å². The average Bonchev–Trinajstić information content (AvgIpc) is 2.71. The third-order valence-electron chi connectivity index (χ3n) is 5.73. The summed E-state index contributed by atoms with van der Waals surface area (Å²) < 4.78 is 0. The molecule has 0 aromatic heterocycles. The zero-order chi connectivity index (χ0) is 18.7. The molecule has 1 fully saturated rings. The number of benzene rings is 3. The fraction of sp³-hybridized carbons (Fsp3) is 0.280. The second-order valence-electron chi connectivity index (χ2n) is 7.70. The Morgan fingerprint density at radius 1 is 0.852 bits per heavy atom. The van der Waals surface area contributed by atoms with Crippen molar-refractivity contribution in [3.05, 3.63) is 95.6 Å². The highest BCUT2D eigenvalue weighted by Gasteiger charge is 2.33. The second kappa shape index (κ2) is 7.67. The summed E-state index contributed by atoms with van der Waals surface area (Å²) in [6, 6.07) is 27.5. The van der Waals surface area contributed by atoms with Crippen LogP contribution in [0.15, 0.2) is 78.9 Å². The van der Waals surface area contributed by atoms with Crippen LogP contribution in [-0.4, -0.2) is 23.1 Å². The minimum Gasteiger partial charge on any atom is -0.385 e. The van der Waals surface area contributed by atoms with Gasteiger partial charge in [-0.3, -0.25) is 4.90 Å². The quantitative estimate of drug-likeness (QED) is 0.698. The van der Waals surface area contributed by atoms with Gasteiger partial charge in [-0.05, 0) is 42.0 Å². The van der Waals surface area contributed by atoms with E-state index in [2.05, 4.69) is 60.4 Å². The van der Waals surface area contributed by atoms with E-state index in [1.165, 1.54) is 22.3 Å². The third-order valence-corrected chi connectivity index (χ3v) is 5.73. The van der Waals surface area contributed by atoms with Crippen molar-refractivity contribution in [3.63, 3.8) is 0 Å². The SMILES string of the molecule is Cc1ccc(-c2ccccc2)c(CN2CCC(O)(c3ccccc3)CC2)c1. The Bertz CT molecular complexity index is 881. The van der Waals surface area contributed by atoms with Gasteiger partial charge in [0.15, 0.2) is 0 Å². The highest BCUT2D eigenvalue weighted by atomic mass is 16.3. The summed E-state index contributed by atoms with van der Waals surface area (Å²) in [5.41, 5.74) is 5.60. The van der Waals surface area contributed by atoms with Gasteiger partial charge < -0.3 is 5.11 Å². The molecule has 1 saturated heterocycles. The summed E-state index contributed by atoms with van der Waals surface area (Å²) in [5.74, 6) is 0. The van der Waals surface area contributed by atoms with Crippen molar-refractivity contribution in [1.29, 1.82) is 0 Å². The van der Waals surface area contributed by atoms with Crippen molar-refractivity contribution < 1.29 is 5.11 Å². The number of piperidine rings is 1. The van der Waals surface area contributed by atoms with E-state index in [9.17, 15) is 5.11 Å². The van der Waals surface area contributed by atoms with E-state index >= 15 is 0 Å². The first-order valence-corrected chi connectivity index (χ1v) is 9.79. The number of likely N-dealkylation sites (tertiary alicyclic amines) is 1. The fourth-order valence-electron chi connectivity index (χ4n) is 4.11. The van der Waals surface area contributed by atoms with E-state index in [0.717, 1.165) is 38.0 Å². The summed E-state index contributed by atoms with van der Waals surface area (Å²) in [6.07, 6.45) is 1.56. The monoisotopic (exact) mass is 357 g/mol. The standard InChI is InChI=1S/C25H27NO/c1-20-12-13-24(21-8-4-2-5-9-21)22(18-20)19-26-16-14-25(27,15-17-26)23-10-6-3-7-11-23/h2-13,18,27H,14-17,19H2,1H3. The molecule has 0 saturated carbocycles. The van der Waals surface area contributed by atoms with Crippen molar-refractivity contribution in [2.45, 2.75) is 31.9 Å². The lowest BCUT2D eigenvalue weighted by atomic mass is 9.84. The van der Waals surface area contributed by atoms with Gasteiger partial charge in [0.1, 0.15) is 0 Å². The lowest BCUT2D eigenvalue weighted by Gasteiger charge is -2.38. The summed E-state index contributed by atoms with van der Waals surface area (Å²) in [6.45, 7) is 4.90. The molecule has 3 aromatic rings. The highest BCUT2D eigenvalue weighted by molar-refractivity contribution is 5.67. The third kappa shape index (κ3) is 3.97. The van der Waals surface area contributed by atoms with E-state index in [1.54, 1.807) is 0 Å². The van der Waals surface area contributed by atoms with Gasteiger partial charge in [0.2, 0.25) is 0 Å². The Hall–Kier alpha value is -2.42. The zero-order valence-electron chi connectivity index (χ0n) is 15.9. The van der Waals surface area contributed by atoms with Crippen molar-refractivity contribution in [3.8, 4) is 11.1 Å². The Labute approximate surface area is 162 Å². The fourth-order valence-corrected chi connectivity index (χ4v) is 4.11. The predicted molar refractivity (Wildman–Crippen MR) is 111 cm³/mol. The van der Waals surface area contributed by atoms with Crippen LogP contribution in [0.4, 0.5) is 0 Å². The maximum atomic E-state index is 11.1. The smallest absolute Gasteiger partial charge is 0.0920 e. The van der Waals surface area contributed by atoms with Crippen LogP contribution in [0.25, 0.3) is 11.1 Å². The van der Waals surface area contributed by atoms with E-state index in [1.807, 2.05) is 30.3 Å². The van der Waals surface area contributed by atoms with Crippen molar-refractivity contribution in [1.82, 2.24) is 4.90 Å². The zero-order valence-corrected chi connectivity index (χ0v) is 15.9. The first-order chi connectivity index (χ1) is 13.1. The molecule has 27 heavy (non-hydrogen) atoms. The van der Waals surface area contributed by atoms with Crippen LogP contribution in [0.2, 0.25) is 0 Å². The Morgan fingerprint density at radius 2 is 1.48 bits per heavy atom. The number of rotatable bonds is 4. The molecule has 2 heteroatoms. The summed E-state index contributed by atoms with van der Waals surface area (Å²) in [5, 5.41) is 11.1. The minimum absolute atomic E-state index is 0.688. The lowest BCUT2D eigenvalue weighted by molar-refractivity contribution is -0.0277. The molecule has 0 bridgehead atoms. The molecule has 1 aliphatic heterocycles. The van der Waals surface area contributed by atoms with Gasteiger partial charge in [0, 0.05) is 19.6 Å². The Kier molecular flexibility index (Phi) is 5.11. The molecule has 3 aromatic carbocycles. The van der Waals surface area contributed by atoms with Crippen LogP contribution >= 0.6 is 0 Å². The maximum Gasteiger partial charge on any atom is 0.0920 e. The molecule has 1 heterocycles. The molecule has 0 unspecified atom stereocenters. The summed E-state index contributed by atoms with van der Waals surface area (Å²) >= 11 is 0. The number of aliphatic hydroxyl groups is 1. The van der Waals surface area contributed by atoms with Crippen LogP contribution in [0.3, 0.4) is 0 Å². The van der Waals surface area contributed by atoms with Crippen LogP contribution in [0.5, 0.6) is 0 Å². The molecule has 1 aliphatic rings.